The van der Waals surface area contributed by atoms with E-state index in [1.807, 2.05) is 0 Å². The van der Waals surface area contributed by atoms with E-state index in [1.54, 1.807) is 0 Å². The number of hydrogen-bond acceptors (Lipinski definition) is 3. The fraction of sp³-hybridized carbons (Fsp3) is 0.588. The van der Waals surface area contributed by atoms with E-state index in [1.165, 1.54) is 50.2 Å². The molecule has 0 bridgehead atoms. The first-order chi connectivity index (χ1) is 11.9. The summed E-state index contributed by atoms with van der Waals surface area (Å²) in [4.78, 5) is 6.66. The highest BCUT2D eigenvalue weighted by Crippen LogP contribution is 2.22. The molecule has 8 heteroatoms. The molecule has 0 radical (unpaired) electrons. The second-order valence-corrected chi connectivity index (χ2v) is 6.08. The van der Waals surface area contributed by atoms with Gasteiger partial charge in [0.2, 0.25) is 0 Å². The second kappa shape index (κ2) is 9.50. The molecule has 0 amide bonds. The van der Waals surface area contributed by atoms with E-state index in [2.05, 4.69) is 19.9 Å². The molecule has 25 heavy (non-hydrogen) atoms. The highest BCUT2D eigenvalue weighted by molar-refractivity contribution is 5.77. The average molecular weight is 358 g/mol. The largest absolute Gasteiger partial charge is 0.573 e. The number of rotatable bonds is 8. The molecule has 1 aliphatic rings. The minimum Gasteiger partial charge on any atom is -0.406 e. The van der Waals surface area contributed by atoms with E-state index < -0.39 is 6.36 Å². The normalized spacial score (nSPS) is 16.2. The van der Waals surface area contributed by atoms with Crippen molar-refractivity contribution in [1.29, 1.82) is 0 Å². The monoisotopic (exact) mass is 358 g/mol. The fourth-order valence-corrected chi connectivity index (χ4v) is 2.71. The molecule has 1 heterocycles. The van der Waals surface area contributed by atoms with Crippen molar-refractivity contribution in [2.24, 2.45) is 10.7 Å². The van der Waals surface area contributed by atoms with E-state index in [4.69, 9.17) is 5.73 Å². The summed E-state index contributed by atoms with van der Waals surface area (Å²) in [6.07, 6.45) is 0.0856. The molecule has 0 saturated carbocycles. The maximum absolute atomic E-state index is 12.1. The van der Waals surface area contributed by atoms with Crippen LogP contribution in [0.15, 0.2) is 29.3 Å². The van der Waals surface area contributed by atoms with E-state index >= 15 is 0 Å². The Morgan fingerprint density at radius 3 is 2.48 bits per heavy atom. The molecule has 0 aliphatic carbocycles. The van der Waals surface area contributed by atoms with Crippen LogP contribution in [0.5, 0.6) is 5.75 Å². The molecule has 0 spiro atoms. The summed E-state index contributed by atoms with van der Waals surface area (Å²) < 4.78 is 40.1. The van der Waals surface area contributed by atoms with E-state index in [0.717, 1.165) is 31.5 Å². The van der Waals surface area contributed by atoms with Gasteiger partial charge >= 0.3 is 6.36 Å². The van der Waals surface area contributed by atoms with Gasteiger partial charge < -0.3 is 20.7 Å². The third kappa shape index (κ3) is 8.11. The zero-order chi connectivity index (χ0) is 18.1. The maximum atomic E-state index is 12.1. The zero-order valence-electron chi connectivity index (χ0n) is 14.2. The number of unbranched alkanes of at least 4 members (excludes halogenated alkanes) is 1. The maximum Gasteiger partial charge on any atom is 0.573 e. The number of aliphatic imine (C=N–C) groups is 1. The molecule has 0 atom stereocenters. The van der Waals surface area contributed by atoms with Crippen LogP contribution in [0.4, 0.5) is 13.2 Å². The Bertz CT molecular complexity index is 540. The molecule has 0 unspecified atom stereocenters. The number of hydrogen-bond donors (Lipinski definition) is 2. The Morgan fingerprint density at radius 2 is 1.84 bits per heavy atom. The Hall–Kier alpha value is -1.96. The SMILES string of the molecule is NC(=NCc1ccc(OC(F)(F)F)cc1)NCCCCN1CCCC1. The zero-order valence-corrected chi connectivity index (χ0v) is 14.2. The summed E-state index contributed by atoms with van der Waals surface area (Å²) in [6.45, 7) is 4.62. The van der Waals surface area contributed by atoms with Gasteiger partial charge in [0.25, 0.3) is 0 Å². The number of halogens is 3. The van der Waals surface area contributed by atoms with Gasteiger partial charge in [-0.3, -0.25) is 0 Å². The number of alkyl halides is 3. The van der Waals surface area contributed by atoms with Crippen molar-refractivity contribution in [3.05, 3.63) is 29.8 Å². The highest BCUT2D eigenvalue weighted by atomic mass is 19.4. The van der Waals surface area contributed by atoms with Crippen LogP contribution < -0.4 is 15.8 Å². The van der Waals surface area contributed by atoms with Crippen LogP contribution >= 0.6 is 0 Å². The first kappa shape index (κ1) is 19.4. The summed E-state index contributed by atoms with van der Waals surface area (Å²) in [5, 5.41) is 3.06. The molecule has 1 aromatic carbocycles. The van der Waals surface area contributed by atoms with Crippen molar-refractivity contribution < 1.29 is 17.9 Å². The van der Waals surface area contributed by atoms with Crippen molar-refractivity contribution in [2.45, 2.75) is 38.6 Å². The summed E-state index contributed by atoms with van der Waals surface area (Å²) in [7, 11) is 0. The van der Waals surface area contributed by atoms with Crippen LogP contribution in [-0.4, -0.2) is 43.4 Å². The number of benzene rings is 1. The lowest BCUT2D eigenvalue weighted by Crippen LogP contribution is -2.32. The lowest BCUT2D eigenvalue weighted by atomic mass is 10.2. The van der Waals surface area contributed by atoms with Crippen LogP contribution in [0.1, 0.15) is 31.2 Å². The van der Waals surface area contributed by atoms with Gasteiger partial charge in [0.15, 0.2) is 5.96 Å². The van der Waals surface area contributed by atoms with Crippen molar-refractivity contribution in [1.82, 2.24) is 10.2 Å². The van der Waals surface area contributed by atoms with Crippen molar-refractivity contribution in [3.63, 3.8) is 0 Å². The molecule has 1 fully saturated rings. The van der Waals surface area contributed by atoms with Crippen molar-refractivity contribution in [3.8, 4) is 5.75 Å². The van der Waals surface area contributed by atoms with Crippen molar-refractivity contribution >= 4 is 5.96 Å². The fourth-order valence-electron chi connectivity index (χ4n) is 2.71. The summed E-state index contributed by atoms with van der Waals surface area (Å²) in [5.41, 5.74) is 6.55. The van der Waals surface area contributed by atoms with Gasteiger partial charge in [0.05, 0.1) is 6.54 Å². The topological polar surface area (TPSA) is 62.9 Å². The lowest BCUT2D eigenvalue weighted by molar-refractivity contribution is -0.274. The average Bonchev–Trinajstić information content (AvgIpc) is 3.06. The Labute approximate surface area is 146 Å². The van der Waals surface area contributed by atoms with Gasteiger partial charge in [-0.05, 0) is 63.0 Å². The van der Waals surface area contributed by atoms with Gasteiger partial charge in [-0.1, -0.05) is 12.1 Å². The molecule has 2 rings (SSSR count). The van der Waals surface area contributed by atoms with Crippen LogP contribution in [0, 0.1) is 0 Å². The van der Waals surface area contributed by atoms with Gasteiger partial charge in [0, 0.05) is 6.54 Å². The number of nitrogens with one attached hydrogen (secondary N) is 1. The van der Waals surface area contributed by atoms with Crippen LogP contribution in [0.3, 0.4) is 0 Å². The Balaban J connectivity index is 1.62. The number of likely N-dealkylation sites (tertiary alicyclic amines) is 1. The van der Waals surface area contributed by atoms with E-state index in [9.17, 15) is 13.2 Å². The summed E-state index contributed by atoms with van der Waals surface area (Å²) >= 11 is 0. The van der Waals surface area contributed by atoms with E-state index in [0.29, 0.717) is 12.5 Å². The number of guanidine groups is 1. The van der Waals surface area contributed by atoms with Crippen LogP contribution in [0.2, 0.25) is 0 Å². The lowest BCUT2D eigenvalue weighted by Gasteiger charge is -2.14. The Morgan fingerprint density at radius 1 is 1.16 bits per heavy atom. The quantitative estimate of drug-likeness (QED) is 0.426. The predicted molar refractivity (Wildman–Crippen MR) is 91.4 cm³/mol. The Kier molecular flexibility index (Phi) is 7.36. The number of nitrogens with two attached hydrogens (primary N) is 1. The molecule has 3 N–H and O–H groups in total. The van der Waals surface area contributed by atoms with E-state index in [-0.39, 0.29) is 5.75 Å². The molecular weight excluding hydrogens is 333 g/mol. The summed E-state index contributed by atoms with van der Waals surface area (Å²) in [5.74, 6) is 0.0983. The standard InChI is InChI=1S/C17H25F3N4O/c18-17(19,20)25-15-7-5-14(6-8-15)13-23-16(21)22-9-1-2-10-24-11-3-4-12-24/h5-8H,1-4,9-13H2,(H3,21,22,23). The molecule has 1 saturated heterocycles. The van der Waals surface area contributed by atoms with Gasteiger partial charge in [-0.25, -0.2) is 4.99 Å². The number of nitrogens with zero attached hydrogens (tertiary/aromatic N) is 2. The predicted octanol–water partition coefficient (Wildman–Crippen LogP) is 2.87. The molecule has 5 nitrogen and oxygen atoms in total. The van der Waals surface area contributed by atoms with Crippen LogP contribution in [0.25, 0.3) is 0 Å². The second-order valence-electron chi connectivity index (χ2n) is 6.08. The number of ether oxygens (including phenoxy) is 1. The molecule has 0 aromatic heterocycles. The van der Waals surface area contributed by atoms with Crippen LogP contribution in [-0.2, 0) is 6.54 Å². The van der Waals surface area contributed by atoms with Crippen molar-refractivity contribution in [2.75, 3.05) is 26.2 Å². The third-order valence-corrected chi connectivity index (χ3v) is 3.99. The molecule has 1 aromatic rings. The minimum absolute atomic E-state index is 0.246. The smallest absolute Gasteiger partial charge is 0.406 e. The van der Waals surface area contributed by atoms with Gasteiger partial charge in [0.1, 0.15) is 5.75 Å². The first-order valence-electron chi connectivity index (χ1n) is 8.53. The third-order valence-electron chi connectivity index (χ3n) is 3.99. The van der Waals surface area contributed by atoms with Gasteiger partial charge in [-0.2, -0.15) is 0 Å². The first-order valence-corrected chi connectivity index (χ1v) is 8.53. The van der Waals surface area contributed by atoms with Gasteiger partial charge in [-0.15, -0.1) is 13.2 Å². The summed E-state index contributed by atoms with van der Waals surface area (Å²) in [6, 6.07) is 5.60. The molecule has 1 aliphatic heterocycles. The highest BCUT2D eigenvalue weighted by Gasteiger charge is 2.30. The molecule has 140 valence electrons. The minimum atomic E-state index is -4.68. The molecular formula is C17H25F3N4O.